The topological polar surface area (TPSA) is 67.0 Å². The van der Waals surface area contributed by atoms with Crippen LogP contribution in [0.3, 0.4) is 0 Å². The van der Waals surface area contributed by atoms with Gasteiger partial charge in [-0.2, -0.15) is 0 Å². The van der Waals surface area contributed by atoms with Gasteiger partial charge in [-0.15, -0.1) is 0 Å². The summed E-state index contributed by atoms with van der Waals surface area (Å²) in [5, 5.41) is 3.15. The summed E-state index contributed by atoms with van der Waals surface area (Å²) in [6.07, 6.45) is 0. The molecule has 0 radical (unpaired) electrons. The number of aromatic nitrogens is 2. The van der Waals surface area contributed by atoms with Gasteiger partial charge in [-0.1, -0.05) is 26.0 Å². The van der Waals surface area contributed by atoms with E-state index in [4.69, 9.17) is 4.74 Å². The fraction of sp³-hybridized carbons (Fsp3) is 0.200. The maximum atomic E-state index is 12.0. The van der Waals surface area contributed by atoms with E-state index in [0.29, 0.717) is 17.6 Å². The molecule has 1 aromatic heterocycles. The minimum Gasteiger partial charge on any atom is -0.497 e. The molecular formula is C20H21N3O2. The summed E-state index contributed by atoms with van der Waals surface area (Å²) >= 11 is 0. The molecule has 0 aliphatic rings. The summed E-state index contributed by atoms with van der Waals surface area (Å²) in [6, 6.07) is 17.0. The molecule has 0 bridgehead atoms. The fourth-order valence-corrected chi connectivity index (χ4v) is 2.51. The van der Waals surface area contributed by atoms with Crippen LogP contribution in [0.5, 0.6) is 5.75 Å². The minimum absolute atomic E-state index is 0.206. The third-order valence-corrected chi connectivity index (χ3v) is 3.97. The number of anilines is 2. The summed E-state index contributed by atoms with van der Waals surface area (Å²) < 4.78 is 5.16. The predicted molar refractivity (Wildman–Crippen MR) is 101 cm³/mol. The highest BCUT2D eigenvalue weighted by atomic mass is 16.5. The normalized spacial score (nSPS) is 10.7. The average Bonchev–Trinajstić information content (AvgIpc) is 2.62. The van der Waals surface area contributed by atoms with Crippen LogP contribution in [-0.2, 0) is 0 Å². The van der Waals surface area contributed by atoms with Crippen molar-refractivity contribution in [2.75, 3.05) is 12.4 Å². The monoisotopic (exact) mass is 335 g/mol. The number of nitrogens with zero attached hydrogens (tertiary/aromatic N) is 1. The number of aromatic amines is 1. The van der Waals surface area contributed by atoms with E-state index in [9.17, 15) is 4.79 Å². The lowest BCUT2D eigenvalue weighted by Gasteiger charge is -2.10. The van der Waals surface area contributed by atoms with Gasteiger partial charge in [-0.3, -0.25) is 9.78 Å². The Bertz CT molecular complexity index is 897. The van der Waals surface area contributed by atoms with Gasteiger partial charge in [0.2, 0.25) is 5.95 Å². The molecule has 128 valence electrons. The van der Waals surface area contributed by atoms with E-state index in [1.54, 1.807) is 7.11 Å². The van der Waals surface area contributed by atoms with Gasteiger partial charge in [-0.05, 0) is 47.9 Å². The Hall–Kier alpha value is -3.08. The molecular weight excluding hydrogens is 314 g/mol. The Labute approximate surface area is 146 Å². The molecule has 5 heteroatoms. The van der Waals surface area contributed by atoms with Crippen LogP contribution in [0.25, 0.3) is 11.3 Å². The lowest BCUT2D eigenvalue weighted by Crippen LogP contribution is -2.10. The molecule has 25 heavy (non-hydrogen) atoms. The fourth-order valence-electron chi connectivity index (χ4n) is 2.51. The van der Waals surface area contributed by atoms with Gasteiger partial charge in [0.25, 0.3) is 5.56 Å². The maximum Gasteiger partial charge on any atom is 0.252 e. The van der Waals surface area contributed by atoms with Crippen molar-refractivity contribution in [1.82, 2.24) is 9.97 Å². The number of rotatable bonds is 5. The highest BCUT2D eigenvalue weighted by Gasteiger charge is 2.06. The van der Waals surface area contributed by atoms with Gasteiger partial charge in [0, 0.05) is 17.3 Å². The Kier molecular flexibility index (Phi) is 4.84. The minimum atomic E-state index is -0.206. The highest BCUT2D eigenvalue weighted by molar-refractivity contribution is 5.62. The number of methoxy groups -OCH3 is 1. The quantitative estimate of drug-likeness (QED) is 0.729. The van der Waals surface area contributed by atoms with E-state index in [1.807, 2.05) is 36.4 Å². The van der Waals surface area contributed by atoms with E-state index in [-0.39, 0.29) is 5.56 Å². The molecule has 0 saturated carbocycles. The first-order chi connectivity index (χ1) is 12.0. The molecule has 0 aliphatic heterocycles. The van der Waals surface area contributed by atoms with Crippen LogP contribution in [0.15, 0.2) is 59.4 Å². The zero-order chi connectivity index (χ0) is 17.8. The molecule has 0 saturated heterocycles. The molecule has 0 spiro atoms. The van der Waals surface area contributed by atoms with Crippen molar-refractivity contribution in [3.8, 4) is 17.0 Å². The summed E-state index contributed by atoms with van der Waals surface area (Å²) in [7, 11) is 1.62. The number of hydrogen-bond donors (Lipinski definition) is 2. The largest absolute Gasteiger partial charge is 0.497 e. The first-order valence-corrected chi connectivity index (χ1v) is 8.18. The van der Waals surface area contributed by atoms with Crippen LogP contribution >= 0.6 is 0 Å². The van der Waals surface area contributed by atoms with Crippen LogP contribution in [0.1, 0.15) is 25.3 Å². The first-order valence-electron chi connectivity index (χ1n) is 8.18. The van der Waals surface area contributed by atoms with Gasteiger partial charge in [0.15, 0.2) is 0 Å². The second-order valence-electron chi connectivity index (χ2n) is 6.11. The van der Waals surface area contributed by atoms with Crippen molar-refractivity contribution in [3.05, 3.63) is 70.5 Å². The van der Waals surface area contributed by atoms with Crippen molar-refractivity contribution < 1.29 is 4.74 Å². The number of nitrogens with one attached hydrogen (secondary N) is 2. The van der Waals surface area contributed by atoms with Gasteiger partial charge >= 0.3 is 0 Å². The summed E-state index contributed by atoms with van der Waals surface area (Å²) in [4.78, 5) is 19.2. The van der Waals surface area contributed by atoms with E-state index < -0.39 is 0 Å². The van der Waals surface area contributed by atoms with Gasteiger partial charge in [-0.25, -0.2) is 4.98 Å². The SMILES string of the molecule is COc1ccc(-c2cc(=O)[nH]c(Nc3ccc(C(C)C)cc3)n2)cc1. The first kappa shape index (κ1) is 16.8. The molecule has 2 aromatic carbocycles. The number of ether oxygens (including phenoxy) is 1. The average molecular weight is 335 g/mol. The van der Waals surface area contributed by atoms with Crippen LogP contribution in [-0.4, -0.2) is 17.1 Å². The molecule has 0 fully saturated rings. The second-order valence-corrected chi connectivity index (χ2v) is 6.11. The molecule has 3 rings (SSSR count). The lowest BCUT2D eigenvalue weighted by molar-refractivity contribution is 0.415. The molecule has 0 amide bonds. The molecule has 5 nitrogen and oxygen atoms in total. The maximum absolute atomic E-state index is 12.0. The molecule has 0 aliphatic carbocycles. The third-order valence-electron chi connectivity index (χ3n) is 3.97. The van der Waals surface area contributed by atoms with Gasteiger partial charge in [0.1, 0.15) is 5.75 Å². The number of hydrogen-bond acceptors (Lipinski definition) is 4. The van der Waals surface area contributed by atoms with E-state index >= 15 is 0 Å². The third kappa shape index (κ3) is 4.07. The highest BCUT2D eigenvalue weighted by Crippen LogP contribution is 2.22. The van der Waals surface area contributed by atoms with Crippen LogP contribution < -0.4 is 15.6 Å². The van der Waals surface area contributed by atoms with Crippen LogP contribution in [0.2, 0.25) is 0 Å². The lowest BCUT2D eigenvalue weighted by atomic mass is 10.0. The second kappa shape index (κ2) is 7.21. The molecule has 2 N–H and O–H groups in total. The van der Waals surface area contributed by atoms with Crippen molar-refractivity contribution in [2.45, 2.75) is 19.8 Å². The molecule has 1 heterocycles. The van der Waals surface area contributed by atoms with Crippen molar-refractivity contribution in [3.63, 3.8) is 0 Å². The van der Waals surface area contributed by atoms with Crippen molar-refractivity contribution >= 4 is 11.6 Å². The zero-order valence-electron chi connectivity index (χ0n) is 14.5. The molecule has 0 atom stereocenters. The van der Waals surface area contributed by atoms with Gasteiger partial charge in [0.05, 0.1) is 12.8 Å². The molecule has 3 aromatic rings. The smallest absolute Gasteiger partial charge is 0.252 e. The Morgan fingerprint density at radius 1 is 1.04 bits per heavy atom. The van der Waals surface area contributed by atoms with E-state index in [2.05, 4.69) is 41.3 Å². The number of benzene rings is 2. The summed E-state index contributed by atoms with van der Waals surface area (Å²) in [5.41, 5.74) is 3.39. The number of H-pyrrole nitrogens is 1. The van der Waals surface area contributed by atoms with E-state index in [0.717, 1.165) is 17.0 Å². The van der Waals surface area contributed by atoms with Crippen molar-refractivity contribution in [1.29, 1.82) is 0 Å². The zero-order valence-corrected chi connectivity index (χ0v) is 14.5. The molecule has 0 unspecified atom stereocenters. The van der Waals surface area contributed by atoms with Crippen molar-refractivity contribution in [2.24, 2.45) is 0 Å². The standard InChI is InChI=1S/C20H21N3O2/c1-13(2)14-4-8-16(9-5-14)21-20-22-18(12-19(24)23-20)15-6-10-17(25-3)11-7-15/h4-13H,1-3H3,(H2,21,22,23,24). The van der Waals surface area contributed by atoms with Crippen LogP contribution in [0.4, 0.5) is 11.6 Å². The van der Waals surface area contributed by atoms with Gasteiger partial charge < -0.3 is 10.1 Å². The van der Waals surface area contributed by atoms with E-state index in [1.165, 1.54) is 11.6 Å². The Morgan fingerprint density at radius 2 is 1.72 bits per heavy atom. The van der Waals surface area contributed by atoms with Crippen LogP contribution in [0, 0.1) is 0 Å². The Morgan fingerprint density at radius 3 is 2.32 bits per heavy atom. The Balaban J connectivity index is 1.87. The summed E-state index contributed by atoms with van der Waals surface area (Å²) in [6.45, 7) is 4.31. The summed E-state index contributed by atoms with van der Waals surface area (Å²) in [5.74, 6) is 1.65. The predicted octanol–water partition coefficient (Wildman–Crippen LogP) is 4.31.